The Kier molecular flexibility index (Phi) is 11.9. The van der Waals surface area contributed by atoms with E-state index in [0.29, 0.717) is 19.3 Å². The minimum atomic E-state index is -0.390. The first-order valence-electron chi connectivity index (χ1n) is 9.67. The van der Waals surface area contributed by atoms with E-state index < -0.39 is 0 Å². The van der Waals surface area contributed by atoms with Gasteiger partial charge in [0.1, 0.15) is 12.8 Å². The first-order chi connectivity index (χ1) is 13.1. The van der Waals surface area contributed by atoms with Gasteiger partial charge in [-0.05, 0) is 50.2 Å². The molecule has 1 N–H and O–H groups in total. The van der Waals surface area contributed by atoms with Crippen molar-refractivity contribution < 1.29 is 19.5 Å². The highest BCUT2D eigenvalue weighted by Crippen LogP contribution is 2.27. The number of oxime groups is 1. The van der Waals surface area contributed by atoms with Gasteiger partial charge in [-0.2, -0.15) is 0 Å². The van der Waals surface area contributed by atoms with Gasteiger partial charge in [-0.25, -0.2) is 0 Å². The Hall–Kier alpha value is -2.14. The molecule has 0 heterocycles. The summed E-state index contributed by atoms with van der Waals surface area (Å²) >= 11 is 0. The van der Waals surface area contributed by atoms with Gasteiger partial charge in [0.2, 0.25) is 0 Å². The van der Waals surface area contributed by atoms with E-state index in [9.17, 15) is 9.90 Å². The summed E-state index contributed by atoms with van der Waals surface area (Å²) in [5.41, 5.74) is 1.91. The third kappa shape index (κ3) is 9.38. The molecule has 0 aromatic rings. The molecule has 0 bridgehead atoms. The number of esters is 1. The second-order valence-electron chi connectivity index (χ2n) is 6.46. The number of rotatable bonds is 12. The molecule has 0 aromatic heterocycles. The van der Waals surface area contributed by atoms with E-state index in [1.165, 1.54) is 14.2 Å². The number of aliphatic hydroxyl groups is 1. The minimum Gasteiger partial charge on any atom is -0.469 e. The maximum Gasteiger partial charge on any atom is 0.305 e. The molecule has 1 aliphatic rings. The van der Waals surface area contributed by atoms with Crippen molar-refractivity contribution in [1.29, 1.82) is 0 Å². The SMILES string of the molecule is CCC=CCC(O)CC=C1C(=NOC)C=CC1CC=CCCCC(=O)OC. The zero-order chi connectivity index (χ0) is 19.9. The first kappa shape index (κ1) is 22.9. The fraction of sp³-hybridized carbons (Fsp3) is 0.545. The number of methoxy groups -OCH3 is 1. The van der Waals surface area contributed by atoms with Crippen LogP contribution in [0.15, 0.2) is 53.3 Å². The summed E-state index contributed by atoms with van der Waals surface area (Å²) in [7, 11) is 2.95. The van der Waals surface area contributed by atoms with E-state index in [1.807, 2.05) is 12.2 Å². The van der Waals surface area contributed by atoms with Crippen LogP contribution in [0.25, 0.3) is 0 Å². The molecule has 0 saturated heterocycles. The van der Waals surface area contributed by atoms with Crippen molar-refractivity contribution in [3.8, 4) is 0 Å². The highest BCUT2D eigenvalue weighted by atomic mass is 16.6. The molecule has 5 heteroatoms. The lowest BCUT2D eigenvalue weighted by atomic mass is 9.95. The van der Waals surface area contributed by atoms with Crippen LogP contribution in [-0.2, 0) is 14.4 Å². The lowest BCUT2D eigenvalue weighted by Crippen LogP contribution is -2.07. The van der Waals surface area contributed by atoms with Gasteiger partial charge >= 0.3 is 5.97 Å². The van der Waals surface area contributed by atoms with Crippen molar-refractivity contribution in [3.05, 3.63) is 48.1 Å². The monoisotopic (exact) mass is 375 g/mol. The number of hydrogen-bond acceptors (Lipinski definition) is 5. The Morgan fingerprint density at radius 3 is 2.78 bits per heavy atom. The molecule has 2 unspecified atom stereocenters. The van der Waals surface area contributed by atoms with Crippen molar-refractivity contribution in [3.63, 3.8) is 0 Å². The second-order valence-corrected chi connectivity index (χ2v) is 6.46. The van der Waals surface area contributed by atoms with E-state index in [2.05, 4.69) is 47.2 Å². The summed E-state index contributed by atoms with van der Waals surface area (Å²) in [6.45, 7) is 2.08. The molecule has 0 aliphatic heterocycles. The highest BCUT2D eigenvalue weighted by molar-refractivity contribution is 6.11. The Morgan fingerprint density at radius 2 is 2.07 bits per heavy atom. The van der Waals surface area contributed by atoms with Gasteiger partial charge in [-0.1, -0.05) is 48.5 Å². The topological polar surface area (TPSA) is 68.1 Å². The Balaban J connectivity index is 2.57. The molecule has 0 amide bonds. The smallest absolute Gasteiger partial charge is 0.305 e. The van der Waals surface area contributed by atoms with Crippen molar-refractivity contribution in [2.24, 2.45) is 11.1 Å². The average molecular weight is 376 g/mol. The fourth-order valence-corrected chi connectivity index (χ4v) is 2.85. The number of carbonyl (C=O) groups excluding carboxylic acids is 1. The second kappa shape index (κ2) is 14.0. The van der Waals surface area contributed by atoms with Gasteiger partial charge in [0.05, 0.1) is 13.2 Å². The van der Waals surface area contributed by atoms with Crippen molar-refractivity contribution >= 4 is 11.7 Å². The number of aliphatic hydroxyl groups excluding tert-OH is 1. The summed E-state index contributed by atoms with van der Waals surface area (Å²) < 4.78 is 4.63. The fourth-order valence-electron chi connectivity index (χ4n) is 2.85. The average Bonchev–Trinajstić information content (AvgIpc) is 3.04. The molecule has 5 nitrogen and oxygen atoms in total. The molecule has 2 atom stereocenters. The largest absolute Gasteiger partial charge is 0.469 e. The van der Waals surface area contributed by atoms with Crippen LogP contribution in [0.3, 0.4) is 0 Å². The van der Waals surface area contributed by atoms with Crippen LogP contribution < -0.4 is 0 Å². The predicted molar refractivity (Wildman–Crippen MR) is 109 cm³/mol. The zero-order valence-electron chi connectivity index (χ0n) is 16.8. The van der Waals surface area contributed by atoms with Crippen LogP contribution in [0.5, 0.6) is 0 Å². The van der Waals surface area contributed by atoms with Crippen molar-refractivity contribution in [2.75, 3.05) is 14.2 Å². The van der Waals surface area contributed by atoms with Gasteiger partial charge in [-0.3, -0.25) is 4.79 Å². The van der Waals surface area contributed by atoms with E-state index in [0.717, 1.165) is 37.0 Å². The summed E-state index contributed by atoms with van der Waals surface area (Å²) in [6, 6.07) is 0. The van der Waals surface area contributed by atoms with Crippen LogP contribution >= 0.6 is 0 Å². The number of allylic oxidation sites excluding steroid dienone is 6. The van der Waals surface area contributed by atoms with Gasteiger partial charge in [-0.15, -0.1) is 0 Å². The van der Waals surface area contributed by atoms with Crippen molar-refractivity contribution in [2.45, 2.75) is 58.0 Å². The molecular formula is C22H33NO4. The summed E-state index contributed by atoms with van der Waals surface area (Å²) in [5, 5.41) is 14.2. The number of unbranched alkanes of at least 4 members (excludes halogenated alkanes) is 1. The Bertz CT molecular complexity index is 587. The molecule has 0 fully saturated rings. The summed E-state index contributed by atoms with van der Waals surface area (Å²) in [4.78, 5) is 16.0. The third-order valence-electron chi connectivity index (χ3n) is 4.33. The predicted octanol–water partition coefficient (Wildman–Crippen LogP) is 4.50. The lowest BCUT2D eigenvalue weighted by Gasteiger charge is -2.11. The quantitative estimate of drug-likeness (QED) is 0.236. The number of nitrogens with zero attached hydrogens (tertiary/aromatic N) is 1. The molecule has 0 spiro atoms. The normalized spacial score (nSPS) is 21.0. The van der Waals surface area contributed by atoms with Crippen molar-refractivity contribution in [1.82, 2.24) is 0 Å². The molecule has 0 radical (unpaired) electrons. The lowest BCUT2D eigenvalue weighted by molar-refractivity contribution is -0.140. The summed E-state index contributed by atoms with van der Waals surface area (Å²) in [5.74, 6) is 0.0641. The Labute approximate surface area is 163 Å². The molecule has 1 rings (SSSR count). The molecule has 0 saturated carbocycles. The van der Waals surface area contributed by atoms with E-state index >= 15 is 0 Å². The van der Waals surface area contributed by atoms with Crippen LogP contribution in [-0.4, -0.2) is 37.1 Å². The number of hydrogen-bond donors (Lipinski definition) is 1. The van der Waals surface area contributed by atoms with Gasteiger partial charge in [0, 0.05) is 12.3 Å². The molecule has 1 aliphatic carbocycles. The zero-order valence-corrected chi connectivity index (χ0v) is 16.8. The summed E-state index contributed by atoms with van der Waals surface area (Å²) in [6.07, 6.45) is 19.3. The number of carbonyl (C=O) groups is 1. The van der Waals surface area contributed by atoms with Crippen LogP contribution in [0.2, 0.25) is 0 Å². The van der Waals surface area contributed by atoms with Crippen LogP contribution in [0, 0.1) is 5.92 Å². The van der Waals surface area contributed by atoms with E-state index in [-0.39, 0.29) is 18.0 Å². The maximum absolute atomic E-state index is 11.1. The maximum atomic E-state index is 11.1. The third-order valence-corrected chi connectivity index (χ3v) is 4.33. The van der Waals surface area contributed by atoms with Crippen LogP contribution in [0.1, 0.15) is 51.9 Å². The standard InChI is InChI=1S/C22H33NO4/c1-4-5-8-12-19(24)15-16-20-18(14-17-21(20)23-27-3)11-9-6-7-10-13-22(25)26-2/h5-6,8-9,14,16-19,24H,4,7,10-13,15H2,1-3H3. The highest BCUT2D eigenvalue weighted by Gasteiger charge is 2.21. The molecular weight excluding hydrogens is 342 g/mol. The minimum absolute atomic E-state index is 0.167. The number of ether oxygens (including phenoxy) is 1. The van der Waals surface area contributed by atoms with E-state index in [1.54, 1.807) is 0 Å². The first-order valence-corrected chi connectivity index (χ1v) is 9.67. The van der Waals surface area contributed by atoms with Crippen LogP contribution in [0.4, 0.5) is 0 Å². The van der Waals surface area contributed by atoms with E-state index in [4.69, 9.17) is 4.84 Å². The van der Waals surface area contributed by atoms with Gasteiger partial charge in [0.15, 0.2) is 0 Å². The van der Waals surface area contributed by atoms with Gasteiger partial charge < -0.3 is 14.7 Å². The molecule has 150 valence electrons. The van der Waals surface area contributed by atoms with Gasteiger partial charge in [0.25, 0.3) is 0 Å². The molecule has 0 aromatic carbocycles. The Morgan fingerprint density at radius 1 is 1.26 bits per heavy atom. The molecule has 27 heavy (non-hydrogen) atoms.